The molecule has 1 rings (SSSR count). The number of carbonyl (C=O) groups is 1. The summed E-state index contributed by atoms with van der Waals surface area (Å²) in [6, 6.07) is -0.835. The van der Waals surface area contributed by atoms with Gasteiger partial charge in [0.15, 0.2) is 6.29 Å². The Morgan fingerprint density at radius 1 is 0.590 bits per heavy atom. The molecule has 0 saturated carbocycles. The molecule has 61 heavy (non-hydrogen) atoms. The predicted molar refractivity (Wildman–Crippen MR) is 253 cm³/mol. The maximum Gasteiger partial charge on any atom is 0.220 e. The van der Waals surface area contributed by atoms with Gasteiger partial charge in [0.25, 0.3) is 0 Å². The largest absolute Gasteiger partial charge is 0.394 e. The van der Waals surface area contributed by atoms with Gasteiger partial charge in [0.05, 0.1) is 25.4 Å². The highest BCUT2D eigenvalue weighted by Crippen LogP contribution is 2.22. The standard InChI is InChI=1S/C52H85NO8/c1-3-5-7-9-11-13-14-15-16-17-18-19-20-21-22-23-24-25-26-27-28-29-30-31-32-34-36-38-40-42-48(56)53-45(46(55)41-39-37-35-33-12-10-8-6-4-2)44-60-52-51(59)50(58)49(57)47(43-54)61-52/h4-7,11-13,15-16,18-19,21-22,24-25,33,39,41,45-47,49-52,54-55,57-59H,3,8-10,14,17,20,23,26-32,34-38,40,42-44H2,1-2H3,(H,53,56)/b6-4+,7-5-,13-11-,16-15-,19-18-,22-21-,25-24-,33-12+,41-39+. The molecule has 0 aromatic carbocycles. The topological polar surface area (TPSA) is 149 Å². The number of aliphatic hydroxyl groups excluding tert-OH is 5. The Morgan fingerprint density at radius 2 is 1.05 bits per heavy atom. The van der Waals surface area contributed by atoms with Crippen LogP contribution in [0.5, 0.6) is 0 Å². The fourth-order valence-corrected chi connectivity index (χ4v) is 6.67. The average Bonchev–Trinajstić information content (AvgIpc) is 3.26. The second kappa shape index (κ2) is 40.9. The Bertz CT molecular complexity index is 1310. The van der Waals surface area contributed by atoms with Crippen molar-refractivity contribution in [2.45, 2.75) is 198 Å². The summed E-state index contributed by atoms with van der Waals surface area (Å²) in [5.74, 6) is -0.206. The molecule has 0 aliphatic carbocycles. The van der Waals surface area contributed by atoms with Crippen LogP contribution in [0.3, 0.4) is 0 Å². The van der Waals surface area contributed by atoms with Crippen LogP contribution in [0.1, 0.15) is 155 Å². The van der Waals surface area contributed by atoms with Gasteiger partial charge in [-0.3, -0.25) is 4.79 Å². The van der Waals surface area contributed by atoms with Crippen LogP contribution >= 0.6 is 0 Å². The first-order valence-electron chi connectivity index (χ1n) is 23.6. The third kappa shape index (κ3) is 31.4. The van der Waals surface area contributed by atoms with Gasteiger partial charge >= 0.3 is 0 Å². The SMILES string of the molecule is C/C=C/CC/C=C/CC/C=C/C(O)C(COC1OC(CO)C(O)C(O)C1O)NC(=O)CCCCCCCCCCCC/C=C\C/C=C\C/C=C\C/C=C\C/C=C\C/C=C\CC. The average molecular weight is 852 g/mol. The maximum atomic E-state index is 12.9. The zero-order chi connectivity index (χ0) is 44.4. The van der Waals surface area contributed by atoms with Gasteiger partial charge in [0, 0.05) is 6.42 Å². The summed E-state index contributed by atoms with van der Waals surface area (Å²) in [7, 11) is 0. The molecule has 1 saturated heterocycles. The van der Waals surface area contributed by atoms with Gasteiger partial charge in [0.1, 0.15) is 24.4 Å². The van der Waals surface area contributed by atoms with Gasteiger partial charge < -0.3 is 40.3 Å². The van der Waals surface area contributed by atoms with Gasteiger partial charge in [-0.2, -0.15) is 0 Å². The van der Waals surface area contributed by atoms with Gasteiger partial charge in [0.2, 0.25) is 5.91 Å². The molecule has 7 atom stereocenters. The Labute approximate surface area is 370 Å². The molecule has 1 fully saturated rings. The summed E-state index contributed by atoms with van der Waals surface area (Å²) >= 11 is 0. The van der Waals surface area contributed by atoms with Crippen LogP contribution in [-0.4, -0.2) is 87.5 Å². The van der Waals surface area contributed by atoms with E-state index < -0.39 is 49.5 Å². The van der Waals surface area contributed by atoms with Crippen molar-refractivity contribution in [1.82, 2.24) is 5.32 Å². The van der Waals surface area contributed by atoms with E-state index in [1.165, 1.54) is 38.5 Å². The van der Waals surface area contributed by atoms with E-state index in [2.05, 4.69) is 103 Å². The lowest BCUT2D eigenvalue weighted by atomic mass is 9.99. The lowest BCUT2D eigenvalue weighted by Crippen LogP contribution is -2.60. The number of unbranched alkanes of at least 4 members (excludes halogenated alkanes) is 12. The van der Waals surface area contributed by atoms with Crippen molar-refractivity contribution in [3.8, 4) is 0 Å². The summed E-state index contributed by atoms with van der Waals surface area (Å²) in [4.78, 5) is 12.9. The smallest absolute Gasteiger partial charge is 0.220 e. The molecule has 0 aromatic heterocycles. The first-order chi connectivity index (χ1) is 29.8. The molecule has 9 nitrogen and oxygen atoms in total. The Hall–Kier alpha value is -3.15. The number of allylic oxidation sites excluding steroid dienone is 17. The molecule has 7 unspecified atom stereocenters. The van der Waals surface area contributed by atoms with Crippen LogP contribution < -0.4 is 5.32 Å². The number of hydrogen-bond donors (Lipinski definition) is 6. The number of aliphatic hydroxyl groups is 5. The normalized spacial score (nSPS) is 21.5. The van der Waals surface area contributed by atoms with E-state index in [9.17, 15) is 30.3 Å². The van der Waals surface area contributed by atoms with Crippen LogP contribution in [-0.2, 0) is 14.3 Å². The number of ether oxygens (including phenoxy) is 2. The lowest BCUT2D eigenvalue weighted by molar-refractivity contribution is -0.302. The van der Waals surface area contributed by atoms with Crippen molar-refractivity contribution < 1.29 is 39.8 Å². The van der Waals surface area contributed by atoms with Crippen molar-refractivity contribution in [2.24, 2.45) is 0 Å². The van der Waals surface area contributed by atoms with Crippen LogP contribution in [0.25, 0.3) is 0 Å². The highest BCUT2D eigenvalue weighted by Gasteiger charge is 2.44. The Kier molecular flexibility index (Phi) is 37.5. The van der Waals surface area contributed by atoms with Crippen molar-refractivity contribution in [3.63, 3.8) is 0 Å². The first-order valence-corrected chi connectivity index (χ1v) is 23.6. The second-order valence-corrected chi connectivity index (χ2v) is 15.8. The molecular weight excluding hydrogens is 767 g/mol. The van der Waals surface area contributed by atoms with Crippen LogP contribution in [0.15, 0.2) is 109 Å². The van der Waals surface area contributed by atoms with Crippen molar-refractivity contribution in [2.75, 3.05) is 13.2 Å². The number of rotatable bonds is 37. The van der Waals surface area contributed by atoms with Gasteiger partial charge in [-0.25, -0.2) is 0 Å². The number of amides is 1. The van der Waals surface area contributed by atoms with E-state index >= 15 is 0 Å². The van der Waals surface area contributed by atoms with E-state index in [1.54, 1.807) is 6.08 Å². The second-order valence-electron chi connectivity index (χ2n) is 15.8. The van der Waals surface area contributed by atoms with E-state index in [0.717, 1.165) is 96.3 Å². The summed E-state index contributed by atoms with van der Waals surface area (Å²) in [6.07, 6.45) is 53.1. The van der Waals surface area contributed by atoms with Crippen molar-refractivity contribution >= 4 is 5.91 Å². The summed E-state index contributed by atoms with van der Waals surface area (Å²) in [5.41, 5.74) is 0. The number of nitrogens with one attached hydrogen (secondary N) is 1. The fourth-order valence-electron chi connectivity index (χ4n) is 6.67. The minimum Gasteiger partial charge on any atom is -0.394 e. The molecule has 1 aliphatic heterocycles. The minimum absolute atomic E-state index is 0.206. The Morgan fingerprint density at radius 3 is 1.57 bits per heavy atom. The predicted octanol–water partition coefficient (Wildman–Crippen LogP) is 10.3. The fraction of sp³-hybridized carbons (Fsp3) is 0.635. The molecule has 1 aliphatic rings. The van der Waals surface area contributed by atoms with E-state index in [-0.39, 0.29) is 12.5 Å². The molecule has 0 aromatic rings. The maximum absolute atomic E-state index is 12.9. The monoisotopic (exact) mass is 852 g/mol. The van der Waals surface area contributed by atoms with Crippen molar-refractivity contribution in [1.29, 1.82) is 0 Å². The number of hydrogen-bond acceptors (Lipinski definition) is 8. The molecule has 346 valence electrons. The van der Waals surface area contributed by atoms with Gasteiger partial charge in [-0.15, -0.1) is 0 Å². The zero-order valence-corrected chi connectivity index (χ0v) is 37.9. The Balaban J connectivity index is 2.22. The van der Waals surface area contributed by atoms with Crippen molar-refractivity contribution in [3.05, 3.63) is 109 Å². The van der Waals surface area contributed by atoms with Crippen LogP contribution in [0.4, 0.5) is 0 Å². The van der Waals surface area contributed by atoms with E-state index in [0.29, 0.717) is 6.42 Å². The van der Waals surface area contributed by atoms with E-state index in [4.69, 9.17) is 9.47 Å². The molecule has 0 radical (unpaired) electrons. The molecular formula is C52H85NO8. The third-order valence-corrected chi connectivity index (χ3v) is 10.4. The van der Waals surface area contributed by atoms with Gasteiger partial charge in [-0.05, 0) is 90.4 Å². The molecule has 0 spiro atoms. The molecule has 0 bridgehead atoms. The highest BCUT2D eigenvalue weighted by atomic mass is 16.7. The quantitative estimate of drug-likeness (QED) is 0.0267. The molecule has 9 heteroatoms. The molecule has 6 N–H and O–H groups in total. The lowest BCUT2D eigenvalue weighted by Gasteiger charge is -2.40. The summed E-state index contributed by atoms with van der Waals surface area (Å²) in [5, 5.41) is 54.0. The first kappa shape index (κ1) is 55.9. The zero-order valence-electron chi connectivity index (χ0n) is 37.9. The molecule has 1 amide bonds. The van der Waals surface area contributed by atoms with E-state index in [1.807, 2.05) is 19.1 Å². The van der Waals surface area contributed by atoms with Crippen LogP contribution in [0.2, 0.25) is 0 Å². The summed E-state index contributed by atoms with van der Waals surface area (Å²) in [6.45, 7) is 3.37. The van der Waals surface area contributed by atoms with Crippen LogP contribution in [0, 0.1) is 0 Å². The van der Waals surface area contributed by atoms with Gasteiger partial charge in [-0.1, -0.05) is 168 Å². The number of carbonyl (C=O) groups excluding carboxylic acids is 1. The highest BCUT2D eigenvalue weighted by molar-refractivity contribution is 5.76. The summed E-state index contributed by atoms with van der Waals surface area (Å²) < 4.78 is 11.1. The molecule has 1 heterocycles. The minimum atomic E-state index is -1.58. The third-order valence-electron chi connectivity index (χ3n) is 10.4.